The van der Waals surface area contributed by atoms with Crippen LogP contribution in [0.15, 0.2) is 84.9 Å². The van der Waals surface area contributed by atoms with Gasteiger partial charge < -0.3 is 18.9 Å². The van der Waals surface area contributed by atoms with E-state index in [-0.39, 0.29) is 13.2 Å². The van der Waals surface area contributed by atoms with Gasteiger partial charge in [0.05, 0.1) is 14.2 Å². The molecule has 0 aliphatic rings. The predicted octanol–water partition coefficient (Wildman–Crippen LogP) is 5.22. The Morgan fingerprint density at radius 3 is 1.26 bits per heavy atom. The van der Waals surface area contributed by atoms with Crippen molar-refractivity contribution in [1.29, 1.82) is 0 Å². The molecule has 0 bridgehead atoms. The molecule has 3 aromatic rings. The number of carbonyl (C=O) groups is 2. The average molecular weight is 459 g/mol. The van der Waals surface area contributed by atoms with Crippen molar-refractivity contribution in [1.82, 2.24) is 0 Å². The summed E-state index contributed by atoms with van der Waals surface area (Å²) in [6.07, 6.45) is 6.13. The van der Waals surface area contributed by atoms with Crippen molar-refractivity contribution in [3.63, 3.8) is 0 Å². The maximum absolute atomic E-state index is 11.9. The predicted molar refractivity (Wildman–Crippen MR) is 130 cm³/mol. The first-order valence-electron chi connectivity index (χ1n) is 10.6. The standard InChI is InChI=1S/C28H26O6/c1-31-25-13-7-21(8-14-25)11-17-27(29)33-19-23-3-5-24(6-4-23)20-34-28(30)18-12-22-9-15-26(32-2)16-10-22/h3-18H,19-20H2,1-2H3/b17-11+,18-12+. The first-order valence-corrected chi connectivity index (χ1v) is 10.6. The summed E-state index contributed by atoms with van der Waals surface area (Å²) in [5.41, 5.74) is 3.41. The van der Waals surface area contributed by atoms with Crippen LogP contribution in [0.2, 0.25) is 0 Å². The highest BCUT2D eigenvalue weighted by Crippen LogP contribution is 2.14. The Kier molecular flexibility index (Phi) is 9.05. The van der Waals surface area contributed by atoms with Crippen LogP contribution in [-0.4, -0.2) is 26.2 Å². The topological polar surface area (TPSA) is 71.1 Å². The summed E-state index contributed by atoms with van der Waals surface area (Å²) in [7, 11) is 3.20. The molecule has 0 amide bonds. The fourth-order valence-electron chi connectivity index (χ4n) is 2.90. The van der Waals surface area contributed by atoms with E-state index >= 15 is 0 Å². The van der Waals surface area contributed by atoms with E-state index in [1.807, 2.05) is 72.8 Å². The number of carbonyl (C=O) groups excluding carboxylic acids is 2. The van der Waals surface area contributed by atoms with Gasteiger partial charge in [-0.05, 0) is 58.7 Å². The summed E-state index contributed by atoms with van der Waals surface area (Å²) in [6, 6.07) is 22.0. The van der Waals surface area contributed by atoms with Crippen LogP contribution in [0.4, 0.5) is 0 Å². The van der Waals surface area contributed by atoms with Gasteiger partial charge in [0.2, 0.25) is 0 Å². The fraction of sp³-hybridized carbons (Fsp3) is 0.143. The lowest BCUT2D eigenvalue weighted by Gasteiger charge is -2.05. The van der Waals surface area contributed by atoms with Crippen molar-refractivity contribution >= 4 is 24.1 Å². The minimum absolute atomic E-state index is 0.149. The zero-order valence-corrected chi connectivity index (χ0v) is 19.1. The van der Waals surface area contributed by atoms with E-state index < -0.39 is 11.9 Å². The molecule has 34 heavy (non-hydrogen) atoms. The molecule has 0 aromatic heterocycles. The Morgan fingerprint density at radius 1 is 0.588 bits per heavy atom. The number of methoxy groups -OCH3 is 2. The van der Waals surface area contributed by atoms with Gasteiger partial charge in [-0.25, -0.2) is 9.59 Å². The molecule has 6 nitrogen and oxygen atoms in total. The maximum Gasteiger partial charge on any atom is 0.331 e. The highest BCUT2D eigenvalue weighted by atomic mass is 16.5. The third kappa shape index (κ3) is 7.98. The van der Waals surface area contributed by atoms with Gasteiger partial charge in [0.15, 0.2) is 0 Å². The summed E-state index contributed by atoms with van der Waals surface area (Å²) < 4.78 is 20.7. The van der Waals surface area contributed by atoms with Gasteiger partial charge in [0.25, 0.3) is 0 Å². The van der Waals surface area contributed by atoms with E-state index in [1.54, 1.807) is 26.4 Å². The molecule has 0 aliphatic carbocycles. The second-order valence-electron chi connectivity index (χ2n) is 7.24. The molecule has 0 radical (unpaired) electrons. The molecular weight excluding hydrogens is 432 g/mol. The zero-order chi connectivity index (χ0) is 24.2. The number of rotatable bonds is 10. The van der Waals surface area contributed by atoms with Crippen LogP contribution in [0, 0.1) is 0 Å². The highest BCUT2D eigenvalue weighted by molar-refractivity contribution is 5.87. The molecular formula is C28H26O6. The fourth-order valence-corrected chi connectivity index (χ4v) is 2.90. The van der Waals surface area contributed by atoms with Gasteiger partial charge in [-0.1, -0.05) is 48.5 Å². The summed E-state index contributed by atoms with van der Waals surface area (Å²) >= 11 is 0. The third-order valence-corrected chi connectivity index (χ3v) is 4.84. The molecule has 174 valence electrons. The number of benzene rings is 3. The molecule has 0 fully saturated rings. The Labute approximate surface area is 199 Å². The second kappa shape index (κ2) is 12.6. The van der Waals surface area contributed by atoms with E-state index in [1.165, 1.54) is 12.2 Å². The molecule has 0 spiro atoms. The van der Waals surface area contributed by atoms with Crippen LogP contribution in [0.25, 0.3) is 12.2 Å². The minimum atomic E-state index is -0.433. The van der Waals surface area contributed by atoms with Crippen LogP contribution in [-0.2, 0) is 32.3 Å². The van der Waals surface area contributed by atoms with Crippen molar-refractivity contribution in [2.45, 2.75) is 13.2 Å². The quantitative estimate of drug-likeness (QED) is 0.307. The Morgan fingerprint density at radius 2 is 0.941 bits per heavy atom. The van der Waals surface area contributed by atoms with Gasteiger partial charge >= 0.3 is 11.9 Å². The Hall–Kier alpha value is -4.32. The van der Waals surface area contributed by atoms with E-state index in [0.717, 1.165) is 33.8 Å². The largest absolute Gasteiger partial charge is 0.497 e. The number of ether oxygens (including phenoxy) is 4. The molecule has 0 N–H and O–H groups in total. The lowest BCUT2D eigenvalue weighted by molar-refractivity contribution is -0.139. The van der Waals surface area contributed by atoms with Crippen molar-refractivity contribution in [3.05, 3.63) is 107 Å². The number of hydrogen-bond acceptors (Lipinski definition) is 6. The molecule has 0 atom stereocenters. The minimum Gasteiger partial charge on any atom is -0.497 e. The van der Waals surface area contributed by atoms with Gasteiger partial charge in [-0.15, -0.1) is 0 Å². The van der Waals surface area contributed by atoms with E-state index in [9.17, 15) is 9.59 Å². The van der Waals surface area contributed by atoms with Gasteiger partial charge in [-0.2, -0.15) is 0 Å². The summed E-state index contributed by atoms with van der Waals surface area (Å²) in [5.74, 6) is 0.640. The monoisotopic (exact) mass is 458 g/mol. The van der Waals surface area contributed by atoms with Crippen LogP contribution >= 0.6 is 0 Å². The third-order valence-electron chi connectivity index (χ3n) is 4.84. The van der Waals surface area contributed by atoms with Crippen molar-refractivity contribution in [2.24, 2.45) is 0 Å². The molecule has 6 heteroatoms. The highest BCUT2D eigenvalue weighted by Gasteiger charge is 2.02. The van der Waals surface area contributed by atoms with E-state index in [4.69, 9.17) is 18.9 Å². The number of esters is 2. The Bertz CT molecular complexity index is 1030. The van der Waals surface area contributed by atoms with Gasteiger partial charge in [0.1, 0.15) is 24.7 Å². The summed E-state index contributed by atoms with van der Waals surface area (Å²) in [5, 5.41) is 0. The smallest absolute Gasteiger partial charge is 0.331 e. The SMILES string of the molecule is COc1ccc(/C=C/C(=O)OCc2ccc(COC(=O)/C=C/c3ccc(OC)cc3)cc2)cc1. The molecule has 0 unspecified atom stereocenters. The van der Waals surface area contributed by atoms with Crippen LogP contribution in [0.1, 0.15) is 22.3 Å². The van der Waals surface area contributed by atoms with Crippen molar-refractivity contribution < 1.29 is 28.5 Å². The lowest BCUT2D eigenvalue weighted by Crippen LogP contribution is -2.02. The second-order valence-corrected chi connectivity index (χ2v) is 7.24. The number of hydrogen-bond donors (Lipinski definition) is 0. The summed E-state index contributed by atoms with van der Waals surface area (Å²) in [6.45, 7) is 0.299. The van der Waals surface area contributed by atoms with Crippen molar-refractivity contribution in [3.8, 4) is 11.5 Å². The lowest BCUT2D eigenvalue weighted by atomic mass is 10.1. The maximum atomic E-state index is 11.9. The van der Waals surface area contributed by atoms with Crippen LogP contribution in [0.5, 0.6) is 11.5 Å². The first-order chi connectivity index (χ1) is 16.6. The Balaban J connectivity index is 1.40. The van der Waals surface area contributed by atoms with E-state index in [2.05, 4.69) is 0 Å². The normalized spacial score (nSPS) is 10.9. The molecule has 3 rings (SSSR count). The average Bonchev–Trinajstić information content (AvgIpc) is 2.89. The van der Waals surface area contributed by atoms with Crippen LogP contribution < -0.4 is 9.47 Å². The molecule has 0 saturated carbocycles. The van der Waals surface area contributed by atoms with Gasteiger partial charge in [0, 0.05) is 12.2 Å². The zero-order valence-electron chi connectivity index (χ0n) is 19.1. The molecule has 0 saturated heterocycles. The van der Waals surface area contributed by atoms with Crippen molar-refractivity contribution in [2.75, 3.05) is 14.2 Å². The van der Waals surface area contributed by atoms with E-state index in [0.29, 0.717) is 0 Å². The molecule has 0 aliphatic heterocycles. The molecule has 0 heterocycles. The molecule has 3 aromatic carbocycles. The van der Waals surface area contributed by atoms with Crippen LogP contribution in [0.3, 0.4) is 0 Å². The first kappa shape index (κ1) is 24.3. The summed E-state index contributed by atoms with van der Waals surface area (Å²) in [4.78, 5) is 23.9. The van der Waals surface area contributed by atoms with Gasteiger partial charge in [-0.3, -0.25) is 0 Å².